The van der Waals surface area contributed by atoms with E-state index >= 15 is 0 Å². The normalized spacial score (nSPS) is 14.7. The highest BCUT2D eigenvalue weighted by Gasteiger charge is 2.34. The Morgan fingerprint density at radius 2 is 1.52 bits per heavy atom. The maximum Gasteiger partial charge on any atom is 0.264 e. The Hall–Kier alpha value is -3.65. The Labute approximate surface area is 263 Å². The number of nitrogens with zero attached hydrogens (tertiary/aromatic N) is 2. The molecule has 1 fully saturated rings. The third kappa shape index (κ3) is 8.08. The average Bonchev–Trinajstić information content (AvgIpc) is 3.01. The van der Waals surface area contributed by atoms with Gasteiger partial charge in [-0.1, -0.05) is 94.1 Å². The molecule has 0 saturated heterocycles. The smallest absolute Gasteiger partial charge is 0.264 e. The van der Waals surface area contributed by atoms with E-state index < -0.39 is 28.5 Å². The standard InChI is InChI=1S/C36H47N3O4S/c1-6-34(36(41)37-31-14-8-7-9-15-31)38(24-30-13-11-10-12-28(30)5)35(40)25-39(32-20-18-29(19-21-32)26(2)3)44(42,43)33-22-16-27(4)17-23-33/h10-13,16-23,26,31,34H,6-9,14-15,24-25H2,1-5H3,(H,37,41)/t34-/m1/s1. The van der Waals surface area contributed by atoms with Crippen molar-refractivity contribution in [2.75, 3.05) is 10.8 Å². The molecule has 0 unspecified atom stereocenters. The van der Waals surface area contributed by atoms with Gasteiger partial charge in [-0.15, -0.1) is 0 Å². The molecule has 0 heterocycles. The summed E-state index contributed by atoms with van der Waals surface area (Å²) in [7, 11) is -4.10. The number of carbonyl (C=O) groups excluding carboxylic acids is 2. The summed E-state index contributed by atoms with van der Waals surface area (Å²) >= 11 is 0. The summed E-state index contributed by atoms with van der Waals surface area (Å²) in [5, 5.41) is 3.20. The highest BCUT2D eigenvalue weighted by Crippen LogP contribution is 2.27. The van der Waals surface area contributed by atoms with E-state index in [0.29, 0.717) is 12.1 Å². The van der Waals surface area contributed by atoms with E-state index in [1.807, 2.05) is 57.2 Å². The van der Waals surface area contributed by atoms with E-state index in [-0.39, 0.29) is 29.3 Å². The fourth-order valence-electron chi connectivity index (χ4n) is 5.83. The van der Waals surface area contributed by atoms with Crippen LogP contribution < -0.4 is 9.62 Å². The average molecular weight is 618 g/mol. The van der Waals surface area contributed by atoms with Gasteiger partial charge in [-0.25, -0.2) is 8.42 Å². The summed E-state index contributed by atoms with van der Waals surface area (Å²) in [6.45, 7) is 9.69. The lowest BCUT2D eigenvalue weighted by Gasteiger charge is -2.34. The lowest BCUT2D eigenvalue weighted by Crippen LogP contribution is -2.54. The summed E-state index contributed by atoms with van der Waals surface area (Å²) < 4.78 is 29.5. The van der Waals surface area contributed by atoms with Gasteiger partial charge in [0, 0.05) is 12.6 Å². The predicted molar refractivity (Wildman–Crippen MR) is 177 cm³/mol. The molecule has 3 aromatic carbocycles. The van der Waals surface area contributed by atoms with Crippen LogP contribution in [-0.2, 0) is 26.2 Å². The summed E-state index contributed by atoms with van der Waals surface area (Å²) in [6, 6.07) is 21.1. The number of nitrogens with one attached hydrogen (secondary N) is 1. The number of benzene rings is 3. The maximum atomic E-state index is 14.4. The molecule has 236 valence electrons. The van der Waals surface area contributed by atoms with Gasteiger partial charge in [0.2, 0.25) is 11.8 Å². The summed E-state index contributed by atoms with van der Waals surface area (Å²) in [6.07, 6.45) is 5.60. The van der Waals surface area contributed by atoms with Crippen molar-refractivity contribution in [2.45, 2.75) is 103 Å². The lowest BCUT2D eigenvalue weighted by atomic mass is 9.95. The van der Waals surface area contributed by atoms with Crippen molar-refractivity contribution in [1.82, 2.24) is 10.2 Å². The van der Waals surface area contributed by atoms with Gasteiger partial charge in [0.25, 0.3) is 10.0 Å². The zero-order valence-corrected chi connectivity index (χ0v) is 27.6. The monoisotopic (exact) mass is 617 g/mol. The lowest BCUT2D eigenvalue weighted by molar-refractivity contribution is -0.140. The molecule has 0 bridgehead atoms. The molecule has 0 aliphatic heterocycles. The number of anilines is 1. The van der Waals surface area contributed by atoms with E-state index in [1.165, 1.54) is 10.7 Å². The van der Waals surface area contributed by atoms with Crippen LogP contribution in [0.5, 0.6) is 0 Å². The van der Waals surface area contributed by atoms with Crippen LogP contribution >= 0.6 is 0 Å². The Balaban J connectivity index is 1.72. The first-order valence-electron chi connectivity index (χ1n) is 15.8. The van der Waals surface area contributed by atoms with Crippen molar-refractivity contribution in [1.29, 1.82) is 0 Å². The fraction of sp³-hybridized carbons (Fsp3) is 0.444. The van der Waals surface area contributed by atoms with Gasteiger partial charge < -0.3 is 10.2 Å². The van der Waals surface area contributed by atoms with Crippen molar-refractivity contribution in [3.63, 3.8) is 0 Å². The SMILES string of the molecule is CC[C@H](C(=O)NC1CCCCC1)N(Cc1ccccc1C)C(=O)CN(c1ccc(C(C)C)cc1)S(=O)(=O)c1ccc(C)cc1. The number of hydrogen-bond donors (Lipinski definition) is 1. The highest BCUT2D eigenvalue weighted by molar-refractivity contribution is 7.92. The Morgan fingerprint density at radius 1 is 0.886 bits per heavy atom. The van der Waals surface area contributed by atoms with Crippen molar-refractivity contribution < 1.29 is 18.0 Å². The van der Waals surface area contributed by atoms with Crippen LogP contribution in [0.2, 0.25) is 0 Å². The molecule has 3 aromatic rings. The molecule has 1 saturated carbocycles. The topological polar surface area (TPSA) is 86.8 Å². The van der Waals surface area contributed by atoms with Crippen LogP contribution in [0.3, 0.4) is 0 Å². The second-order valence-electron chi connectivity index (χ2n) is 12.3. The van der Waals surface area contributed by atoms with Crippen molar-refractivity contribution in [2.24, 2.45) is 0 Å². The number of amides is 2. The van der Waals surface area contributed by atoms with Crippen LogP contribution in [-0.4, -0.2) is 43.8 Å². The number of rotatable bonds is 12. The third-order valence-electron chi connectivity index (χ3n) is 8.68. The molecule has 1 aliphatic carbocycles. The molecular formula is C36H47N3O4S. The van der Waals surface area contributed by atoms with Crippen LogP contribution in [0.15, 0.2) is 77.7 Å². The third-order valence-corrected chi connectivity index (χ3v) is 10.5. The van der Waals surface area contributed by atoms with E-state index in [9.17, 15) is 18.0 Å². The minimum absolute atomic E-state index is 0.0959. The highest BCUT2D eigenvalue weighted by atomic mass is 32.2. The molecular weight excluding hydrogens is 570 g/mol. The minimum atomic E-state index is -4.10. The fourth-order valence-corrected chi connectivity index (χ4v) is 7.24. The van der Waals surface area contributed by atoms with Gasteiger partial charge in [-0.2, -0.15) is 0 Å². The first kappa shape index (κ1) is 33.2. The summed E-state index contributed by atoms with van der Waals surface area (Å²) in [4.78, 5) is 29.8. The maximum absolute atomic E-state index is 14.4. The molecule has 4 rings (SSSR count). The number of carbonyl (C=O) groups is 2. The molecule has 0 aromatic heterocycles. The molecule has 8 heteroatoms. The van der Waals surface area contributed by atoms with Gasteiger partial charge in [-0.05, 0) is 80.0 Å². The molecule has 7 nitrogen and oxygen atoms in total. The van der Waals surface area contributed by atoms with Crippen LogP contribution in [0.4, 0.5) is 5.69 Å². The molecule has 1 N–H and O–H groups in total. The Bertz CT molecular complexity index is 1510. The van der Waals surface area contributed by atoms with E-state index in [2.05, 4.69) is 19.2 Å². The quantitative estimate of drug-likeness (QED) is 0.240. The first-order chi connectivity index (χ1) is 21.0. The molecule has 1 atom stereocenters. The number of aryl methyl sites for hydroxylation is 2. The van der Waals surface area contributed by atoms with Crippen LogP contribution in [0.25, 0.3) is 0 Å². The second kappa shape index (κ2) is 14.9. The Morgan fingerprint density at radius 3 is 2.11 bits per heavy atom. The first-order valence-corrected chi connectivity index (χ1v) is 17.3. The molecule has 0 radical (unpaired) electrons. The predicted octanol–water partition coefficient (Wildman–Crippen LogP) is 6.88. The number of sulfonamides is 1. The van der Waals surface area contributed by atoms with Crippen LogP contribution in [0.1, 0.15) is 87.5 Å². The number of hydrogen-bond acceptors (Lipinski definition) is 4. The van der Waals surface area contributed by atoms with Crippen molar-refractivity contribution in [3.8, 4) is 0 Å². The zero-order chi connectivity index (χ0) is 31.9. The van der Waals surface area contributed by atoms with Gasteiger partial charge in [0.1, 0.15) is 12.6 Å². The Kier molecular flexibility index (Phi) is 11.2. The van der Waals surface area contributed by atoms with Gasteiger partial charge in [0.15, 0.2) is 0 Å². The summed E-state index contributed by atoms with van der Waals surface area (Å²) in [5.41, 5.74) is 4.32. The molecule has 44 heavy (non-hydrogen) atoms. The molecule has 2 amide bonds. The molecule has 0 spiro atoms. The van der Waals surface area contributed by atoms with E-state index in [4.69, 9.17) is 0 Å². The second-order valence-corrected chi connectivity index (χ2v) is 14.1. The van der Waals surface area contributed by atoms with Gasteiger partial charge >= 0.3 is 0 Å². The minimum Gasteiger partial charge on any atom is -0.352 e. The van der Waals surface area contributed by atoms with Gasteiger partial charge in [-0.3, -0.25) is 13.9 Å². The van der Waals surface area contributed by atoms with Crippen molar-refractivity contribution >= 4 is 27.5 Å². The van der Waals surface area contributed by atoms with Crippen LogP contribution in [0, 0.1) is 13.8 Å². The van der Waals surface area contributed by atoms with Gasteiger partial charge in [0.05, 0.1) is 10.6 Å². The largest absolute Gasteiger partial charge is 0.352 e. The molecule has 1 aliphatic rings. The van der Waals surface area contributed by atoms with E-state index in [1.54, 1.807) is 41.3 Å². The van der Waals surface area contributed by atoms with Crippen molar-refractivity contribution in [3.05, 3.63) is 95.1 Å². The zero-order valence-electron chi connectivity index (χ0n) is 26.8. The van der Waals surface area contributed by atoms with E-state index in [0.717, 1.165) is 47.9 Å². The summed E-state index contributed by atoms with van der Waals surface area (Å²) in [5.74, 6) is -0.344.